The number of aliphatic carboxylic acids is 1. The van der Waals surface area contributed by atoms with E-state index in [-0.39, 0.29) is 32.3 Å². The second-order valence-electron chi connectivity index (χ2n) is 4.62. The topological polar surface area (TPSA) is 76.1 Å². The first kappa shape index (κ1) is 15.8. The summed E-state index contributed by atoms with van der Waals surface area (Å²) in [6.45, 7) is 0.755. The molecule has 6 nitrogen and oxygen atoms in total. The van der Waals surface area contributed by atoms with Crippen LogP contribution in [-0.2, 0) is 25.7 Å². The van der Waals surface area contributed by atoms with Crippen LogP contribution >= 0.6 is 11.6 Å². The zero-order valence-electron chi connectivity index (χ0n) is 11.3. The van der Waals surface area contributed by atoms with E-state index in [1.54, 1.807) is 6.07 Å². The van der Waals surface area contributed by atoms with E-state index >= 15 is 0 Å². The Morgan fingerprint density at radius 3 is 2.90 bits per heavy atom. The van der Waals surface area contributed by atoms with Crippen LogP contribution in [0.4, 0.5) is 0 Å². The molecule has 0 saturated carbocycles. The summed E-state index contributed by atoms with van der Waals surface area (Å²) in [6.07, 6.45) is -0.966. The Morgan fingerprint density at radius 1 is 1.43 bits per heavy atom. The number of benzene rings is 1. The van der Waals surface area contributed by atoms with E-state index < -0.39 is 12.1 Å². The number of carbonyl (C=O) groups excluding carboxylic acids is 1. The molecule has 1 aromatic carbocycles. The van der Waals surface area contributed by atoms with Gasteiger partial charge in [-0.25, -0.2) is 4.79 Å². The highest BCUT2D eigenvalue weighted by Crippen LogP contribution is 2.15. The summed E-state index contributed by atoms with van der Waals surface area (Å²) in [6, 6.07) is 7.23. The van der Waals surface area contributed by atoms with E-state index in [9.17, 15) is 9.59 Å². The van der Waals surface area contributed by atoms with Crippen LogP contribution in [0.25, 0.3) is 0 Å². The van der Waals surface area contributed by atoms with Gasteiger partial charge in [0.05, 0.1) is 19.8 Å². The maximum Gasteiger partial charge on any atom is 0.334 e. The lowest BCUT2D eigenvalue weighted by molar-refractivity contribution is -0.160. The number of carbonyl (C=O) groups is 2. The molecule has 114 valence electrons. The van der Waals surface area contributed by atoms with Crippen LogP contribution in [0.1, 0.15) is 5.56 Å². The molecule has 1 aromatic rings. The van der Waals surface area contributed by atoms with Gasteiger partial charge in [-0.1, -0.05) is 29.8 Å². The van der Waals surface area contributed by atoms with Gasteiger partial charge in [-0.3, -0.25) is 4.79 Å². The zero-order chi connectivity index (χ0) is 15.2. The number of nitrogens with zero attached hydrogens (tertiary/aromatic N) is 1. The van der Waals surface area contributed by atoms with E-state index in [1.807, 2.05) is 18.2 Å². The van der Waals surface area contributed by atoms with Crippen LogP contribution in [0.3, 0.4) is 0 Å². The van der Waals surface area contributed by atoms with Crippen molar-refractivity contribution >= 4 is 23.5 Å². The summed E-state index contributed by atoms with van der Waals surface area (Å²) < 4.78 is 10.4. The fraction of sp³-hybridized carbons (Fsp3) is 0.429. The lowest BCUT2D eigenvalue weighted by atomic mass is 10.2. The van der Waals surface area contributed by atoms with Crippen molar-refractivity contribution in [3.05, 3.63) is 34.9 Å². The fourth-order valence-corrected chi connectivity index (χ4v) is 2.17. The van der Waals surface area contributed by atoms with Crippen molar-refractivity contribution in [2.45, 2.75) is 12.7 Å². The van der Waals surface area contributed by atoms with Gasteiger partial charge in [0.1, 0.15) is 6.61 Å². The van der Waals surface area contributed by atoms with Gasteiger partial charge in [0, 0.05) is 11.6 Å². The first-order chi connectivity index (χ1) is 10.1. The molecule has 1 amide bonds. The summed E-state index contributed by atoms with van der Waals surface area (Å²) in [5, 5.41) is 9.47. The Kier molecular flexibility index (Phi) is 5.55. The number of carboxylic acids is 1. The summed E-state index contributed by atoms with van der Waals surface area (Å²) >= 11 is 5.99. The summed E-state index contributed by atoms with van der Waals surface area (Å²) in [5.41, 5.74) is 0.803. The van der Waals surface area contributed by atoms with Crippen molar-refractivity contribution in [2.75, 3.05) is 26.3 Å². The maximum atomic E-state index is 12.0. The third kappa shape index (κ3) is 4.42. The van der Waals surface area contributed by atoms with E-state index in [4.69, 9.17) is 26.2 Å². The average Bonchev–Trinajstić information content (AvgIpc) is 2.49. The lowest BCUT2D eigenvalue weighted by Gasteiger charge is -2.30. The Balaban J connectivity index is 1.79. The van der Waals surface area contributed by atoms with Crippen molar-refractivity contribution in [1.29, 1.82) is 0 Å². The molecule has 0 bridgehead atoms. The second-order valence-corrected chi connectivity index (χ2v) is 5.03. The predicted molar refractivity (Wildman–Crippen MR) is 75.1 cm³/mol. The van der Waals surface area contributed by atoms with Gasteiger partial charge in [0.25, 0.3) is 0 Å². The molecule has 1 N–H and O–H groups in total. The molecular formula is C14H16ClNO5. The van der Waals surface area contributed by atoms with Gasteiger partial charge in [-0.05, 0) is 11.6 Å². The van der Waals surface area contributed by atoms with Crippen molar-refractivity contribution in [3.8, 4) is 0 Å². The number of ether oxygens (including phenoxy) is 2. The SMILES string of the molecule is O=C(O)C1CN(C(=O)COCc2ccccc2Cl)CCO1. The number of morpholine rings is 1. The highest BCUT2D eigenvalue weighted by atomic mass is 35.5. The molecular weight excluding hydrogens is 298 g/mol. The van der Waals surface area contributed by atoms with Crippen LogP contribution in [0, 0.1) is 0 Å². The normalized spacial score (nSPS) is 18.5. The van der Waals surface area contributed by atoms with Crippen LogP contribution in [0.15, 0.2) is 24.3 Å². The van der Waals surface area contributed by atoms with Crippen molar-refractivity contribution in [1.82, 2.24) is 4.90 Å². The van der Waals surface area contributed by atoms with Gasteiger partial charge < -0.3 is 19.5 Å². The Morgan fingerprint density at radius 2 is 2.19 bits per heavy atom. The second kappa shape index (κ2) is 7.40. The minimum Gasteiger partial charge on any atom is -0.479 e. The molecule has 1 unspecified atom stereocenters. The molecule has 7 heteroatoms. The molecule has 1 saturated heterocycles. The molecule has 1 atom stereocenters. The van der Waals surface area contributed by atoms with E-state index in [0.29, 0.717) is 11.6 Å². The number of amides is 1. The number of halogens is 1. The van der Waals surface area contributed by atoms with E-state index in [2.05, 4.69) is 0 Å². The molecule has 1 aliphatic rings. The van der Waals surface area contributed by atoms with Gasteiger partial charge in [-0.2, -0.15) is 0 Å². The maximum absolute atomic E-state index is 12.0. The average molecular weight is 314 g/mol. The van der Waals surface area contributed by atoms with E-state index in [0.717, 1.165) is 5.56 Å². The highest BCUT2D eigenvalue weighted by molar-refractivity contribution is 6.31. The van der Waals surface area contributed by atoms with Crippen molar-refractivity contribution in [2.24, 2.45) is 0 Å². The van der Waals surface area contributed by atoms with Gasteiger partial charge in [0.2, 0.25) is 5.91 Å². The molecule has 0 radical (unpaired) electrons. The van der Waals surface area contributed by atoms with Crippen molar-refractivity contribution < 1.29 is 24.2 Å². The van der Waals surface area contributed by atoms with Crippen LogP contribution in [0.2, 0.25) is 5.02 Å². The van der Waals surface area contributed by atoms with E-state index in [1.165, 1.54) is 4.90 Å². The zero-order valence-corrected chi connectivity index (χ0v) is 12.1. The summed E-state index contributed by atoms with van der Waals surface area (Å²) in [5.74, 6) is -1.32. The van der Waals surface area contributed by atoms with Crippen LogP contribution in [0.5, 0.6) is 0 Å². The standard InChI is InChI=1S/C14H16ClNO5/c15-11-4-2-1-3-10(11)8-20-9-13(17)16-5-6-21-12(7-16)14(18)19/h1-4,12H,5-9H2,(H,18,19). The first-order valence-electron chi connectivity index (χ1n) is 6.51. The quantitative estimate of drug-likeness (QED) is 0.883. The number of carboxylic acid groups (broad SMARTS) is 1. The first-order valence-corrected chi connectivity index (χ1v) is 6.89. The van der Waals surface area contributed by atoms with Gasteiger partial charge in [0.15, 0.2) is 6.10 Å². The number of hydrogen-bond donors (Lipinski definition) is 1. The molecule has 2 rings (SSSR count). The third-order valence-corrected chi connectivity index (χ3v) is 3.50. The molecule has 0 spiro atoms. The summed E-state index contributed by atoms with van der Waals surface area (Å²) in [4.78, 5) is 24.3. The molecule has 0 aromatic heterocycles. The number of hydrogen-bond acceptors (Lipinski definition) is 4. The lowest BCUT2D eigenvalue weighted by Crippen LogP contribution is -2.49. The minimum atomic E-state index is -1.07. The third-order valence-electron chi connectivity index (χ3n) is 3.14. The van der Waals surface area contributed by atoms with Crippen molar-refractivity contribution in [3.63, 3.8) is 0 Å². The Labute approximate surface area is 127 Å². The van der Waals surface area contributed by atoms with Gasteiger partial charge >= 0.3 is 5.97 Å². The Hall–Kier alpha value is -1.63. The van der Waals surface area contributed by atoms with Gasteiger partial charge in [-0.15, -0.1) is 0 Å². The molecule has 1 aliphatic heterocycles. The number of rotatable bonds is 5. The fourth-order valence-electron chi connectivity index (χ4n) is 1.98. The monoisotopic (exact) mass is 313 g/mol. The molecule has 21 heavy (non-hydrogen) atoms. The Bertz CT molecular complexity index is 522. The molecule has 1 fully saturated rings. The predicted octanol–water partition coefficient (Wildman–Crippen LogP) is 1.17. The molecule has 1 heterocycles. The largest absolute Gasteiger partial charge is 0.479 e. The highest BCUT2D eigenvalue weighted by Gasteiger charge is 2.28. The van der Waals surface area contributed by atoms with Crippen LogP contribution < -0.4 is 0 Å². The smallest absolute Gasteiger partial charge is 0.334 e. The minimum absolute atomic E-state index is 0.0453. The van der Waals surface area contributed by atoms with Crippen LogP contribution in [-0.4, -0.2) is 54.3 Å². The molecule has 0 aliphatic carbocycles. The summed E-state index contributed by atoms with van der Waals surface area (Å²) in [7, 11) is 0.